The van der Waals surface area contributed by atoms with Crippen LogP contribution in [0.4, 0.5) is 18.9 Å². The highest BCUT2D eigenvalue weighted by molar-refractivity contribution is 6.31. The van der Waals surface area contributed by atoms with Crippen LogP contribution in [0.15, 0.2) is 18.2 Å². The fourth-order valence-corrected chi connectivity index (χ4v) is 3.92. The third kappa shape index (κ3) is 4.59. The van der Waals surface area contributed by atoms with Crippen LogP contribution in [-0.2, 0) is 6.18 Å². The number of carbonyl (C=O) groups excluding carboxylic acids is 2. The number of nitrogens with one attached hydrogen (secondary N) is 2. The van der Waals surface area contributed by atoms with E-state index in [0.29, 0.717) is 18.4 Å². The van der Waals surface area contributed by atoms with Crippen molar-refractivity contribution >= 4 is 29.1 Å². The molecule has 162 valence electrons. The van der Waals surface area contributed by atoms with E-state index < -0.39 is 23.7 Å². The van der Waals surface area contributed by atoms with Crippen LogP contribution in [-0.4, -0.2) is 21.6 Å². The third-order valence-electron chi connectivity index (χ3n) is 5.09. The molecule has 30 heavy (non-hydrogen) atoms. The lowest BCUT2D eigenvalue weighted by Gasteiger charge is -2.24. The molecule has 0 radical (unpaired) electrons. The van der Waals surface area contributed by atoms with E-state index in [-0.39, 0.29) is 28.0 Å². The summed E-state index contributed by atoms with van der Waals surface area (Å²) in [4.78, 5) is 25.1. The second-order valence-electron chi connectivity index (χ2n) is 7.22. The molecule has 2 aromatic rings. The van der Waals surface area contributed by atoms with E-state index in [1.807, 2.05) is 5.43 Å². The van der Waals surface area contributed by atoms with Crippen molar-refractivity contribution in [2.75, 3.05) is 5.32 Å². The minimum Gasteiger partial charge on any atom is -0.320 e. The van der Waals surface area contributed by atoms with Crippen LogP contribution in [0.5, 0.6) is 0 Å². The number of rotatable bonds is 4. The van der Waals surface area contributed by atoms with Crippen molar-refractivity contribution in [3.63, 3.8) is 0 Å². The number of hydrogen-bond acceptors (Lipinski definition) is 4. The van der Waals surface area contributed by atoms with Gasteiger partial charge in [-0.3, -0.25) is 19.7 Å². The largest absolute Gasteiger partial charge is 0.435 e. The van der Waals surface area contributed by atoms with Gasteiger partial charge < -0.3 is 5.32 Å². The summed E-state index contributed by atoms with van der Waals surface area (Å²) in [5.74, 6) is 3.69. The number of alkyl halides is 3. The molecule has 0 aliphatic heterocycles. The molecule has 1 heterocycles. The van der Waals surface area contributed by atoms with Gasteiger partial charge in [-0.1, -0.05) is 30.9 Å². The fraction of sp³-hybridized carbons (Fsp3) is 0.421. The number of benzene rings is 1. The van der Waals surface area contributed by atoms with Gasteiger partial charge in [0.25, 0.3) is 11.8 Å². The number of hydrazine groups is 1. The zero-order valence-corrected chi connectivity index (χ0v) is 16.9. The molecule has 1 aromatic heterocycles. The zero-order chi connectivity index (χ0) is 22.1. The highest BCUT2D eigenvalue weighted by atomic mass is 35.5. The van der Waals surface area contributed by atoms with E-state index in [1.54, 1.807) is 6.92 Å². The first-order valence-corrected chi connectivity index (χ1v) is 9.78. The Kier molecular flexibility index (Phi) is 6.37. The number of anilines is 1. The average Bonchev–Trinajstić information content (AvgIpc) is 3.16. The number of nitrogen functional groups attached to an aromatic ring is 1. The predicted molar refractivity (Wildman–Crippen MR) is 105 cm³/mol. The van der Waals surface area contributed by atoms with Crippen LogP contribution in [0.3, 0.4) is 0 Å². The first-order chi connectivity index (χ1) is 14.1. The third-order valence-corrected chi connectivity index (χ3v) is 5.31. The van der Waals surface area contributed by atoms with E-state index in [9.17, 15) is 22.8 Å². The van der Waals surface area contributed by atoms with Crippen molar-refractivity contribution in [3.8, 4) is 0 Å². The molecule has 1 aliphatic carbocycles. The summed E-state index contributed by atoms with van der Waals surface area (Å²) in [7, 11) is 0. The Balaban J connectivity index is 2.01. The maximum absolute atomic E-state index is 13.3. The van der Waals surface area contributed by atoms with Gasteiger partial charge in [0.05, 0.1) is 17.3 Å². The minimum atomic E-state index is -4.68. The van der Waals surface area contributed by atoms with Gasteiger partial charge in [0.15, 0.2) is 5.69 Å². The minimum absolute atomic E-state index is 0.00405. The van der Waals surface area contributed by atoms with Crippen molar-refractivity contribution in [3.05, 3.63) is 45.7 Å². The number of carbonyl (C=O) groups is 2. The number of halogens is 4. The first kappa shape index (κ1) is 22.1. The normalized spacial score (nSPS) is 15.1. The monoisotopic (exact) mass is 443 g/mol. The average molecular weight is 444 g/mol. The maximum atomic E-state index is 13.3. The smallest absolute Gasteiger partial charge is 0.320 e. The molecule has 1 fully saturated rings. The van der Waals surface area contributed by atoms with Gasteiger partial charge in [0, 0.05) is 11.1 Å². The first-order valence-electron chi connectivity index (χ1n) is 9.41. The molecule has 1 saturated carbocycles. The van der Waals surface area contributed by atoms with Crippen LogP contribution in [0.1, 0.15) is 70.2 Å². The quantitative estimate of drug-likeness (QED) is 0.374. The number of aromatic nitrogens is 2. The lowest BCUT2D eigenvalue weighted by atomic mass is 9.95. The molecule has 2 amide bonds. The lowest BCUT2D eigenvalue weighted by Crippen LogP contribution is -2.31. The van der Waals surface area contributed by atoms with Crippen LogP contribution in [0.2, 0.25) is 5.02 Å². The van der Waals surface area contributed by atoms with Crippen molar-refractivity contribution in [1.82, 2.24) is 15.2 Å². The van der Waals surface area contributed by atoms with Crippen LogP contribution in [0.25, 0.3) is 0 Å². The van der Waals surface area contributed by atoms with Crippen LogP contribution >= 0.6 is 11.6 Å². The second kappa shape index (κ2) is 8.65. The molecular weight excluding hydrogens is 423 g/mol. The topological polar surface area (TPSA) is 102 Å². The highest BCUT2D eigenvalue weighted by Crippen LogP contribution is 2.34. The number of hydrogen-bond donors (Lipinski definition) is 3. The van der Waals surface area contributed by atoms with Gasteiger partial charge in [-0.25, -0.2) is 5.84 Å². The summed E-state index contributed by atoms with van der Waals surface area (Å²) >= 11 is 5.98. The Labute approximate surface area is 175 Å². The predicted octanol–water partition coefficient (Wildman–Crippen LogP) is 4.22. The molecule has 0 saturated heterocycles. The summed E-state index contributed by atoms with van der Waals surface area (Å²) in [5, 5.41) is 6.47. The molecule has 4 N–H and O–H groups in total. The van der Waals surface area contributed by atoms with Gasteiger partial charge in [-0.15, -0.1) is 0 Å². The van der Waals surface area contributed by atoms with E-state index >= 15 is 0 Å². The Morgan fingerprint density at radius 3 is 2.43 bits per heavy atom. The molecule has 0 bridgehead atoms. The van der Waals surface area contributed by atoms with Crippen LogP contribution < -0.4 is 16.6 Å². The number of aryl methyl sites for hydroxylation is 1. The molecule has 11 heteroatoms. The van der Waals surface area contributed by atoms with Gasteiger partial charge in [0.2, 0.25) is 0 Å². The molecule has 7 nitrogen and oxygen atoms in total. The van der Waals surface area contributed by atoms with Crippen LogP contribution in [0, 0.1) is 6.92 Å². The molecule has 0 atom stereocenters. The molecule has 1 aromatic carbocycles. The zero-order valence-electron chi connectivity index (χ0n) is 16.1. The van der Waals surface area contributed by atoms with Gasteiger partial charge in [-0.2, -0.15) is 18.3 Å². The van der Waals surface area contributed by atoms with Gasteiger partial charge >= 0.3 is 6.18 Å². The maximum Gasteiger partial charge on any atom is 0.435 e. The summed E-state index contributed by atoms with van der Waals surface area (Å²) in [6.07, 6.45) is -0.711. The summed E-state index contributed by atoms with van der Waals surface area (Å²) in [6, 6.07) is 3.27. The second-order valence-corrected chi connectivity index (χ2v) is 7.66. The number of nitrogens with two attached hydrogens (primary N) is 1. The summed E-state index contributed by atoms with van der Waals surface area (Å²) < 4.78 is 41.0. The van der Waals surface area contributed by atoms with E-state index in [1.165, 1.54) is 12.1 Å². The molecule has 0 unspecified atom stereocenters. The Hall–Kier alpha value is -2.59. The van der Waals surface area contributed by atoms with E-state index in [0.717, 1.165) is 30.0 Å². The lowest BCUT2D eigenvalue weighted by molar-refractivity contribution is -0.141. The van der Waals surface area contributed by atoms with Crippen molar-refractivity contribution in [2.24, 2.45) is 5.84 Å². The van der Waals surface area contributed by atoms with Gasteiger partial charge in [-0.05, 0) is 37.5 Å². The summed E-state index contributed by atoms with van der Waals surface area (Å²) in [5.41, 5.74) is 1.17. The van der Waals surface area contributed by atoms with E-state index in [4.69, 9.17) is 17.4 Å². The van der Waals surface area contributed by atoms with Gasteiger partial charge in [0.1, 0.15) is 5.69 Å². The standard InChI is InChI=1S/C19H21ClF3N5O2/c1-10-7-11(20)8-13(17(29)26-24)16(10)25-18(30)14-9-15(19(21,22)23)27-28(14)12-5-3-2-4-6-12/h7-9,12H,2-6,24H2,1H3,(H,25,30)(H,26,29). The molecule has 0 spiro atoms. The molecular formula is C19H21ClF3N5O2. The number of nitrogens with zero attached hydrogens (tertiary/aromatic N) is 2. The highest BCUT2D eigenvalue weighted by Gasteiger charge is 2.37. The fourth-order valence-electron chi connectivity index (χ4n) is 3.65. The SMILES string of the molecule is Cc1cc(Cl)cc(C(=O)NN)c1NC(=O)c1cc(C(F)(F)F)nn1C1CCCCC1. The number of amides is 2. The Morgan fingerprint density at radius 2 is 1.83 bits per heavy atom. The molecule has 1 aliphatic rings. The van der Waals surface area contributed by atoms with Crippen molar-refractivity contribution in [1.29, 1.82) is 0 Å². The summed E-state index contributed by atoms with van der Waals surface area (Å²) in [6.45, 7) is 1.61. The molecule has 3 rings (SSSR count). The Bertz CT molecular complexity index is 968. The van der Waals surface area contributed by atoms with Crippen molar-refractivity contribution in [2.45, 2.75) is 51.2 Å². The Morgan fingerprint density at radius 1 is 1.17 bits per heavy atom. The van der Waals surface area contributed by atoms with Crippen molar-refractivity contribution < 1.29 is 22.8 Å². The van der Waals surface area contributed by atoms with E-state index in [2.05, 4.69) is 10.4 Å².